The van der Waals surface area contributed by atoms with Crippen LogP contribution in [0.5, 0.6) is 0 Å². The van der Waals surface area contributed by atoms with Gasteiger partial charge in [-0.15, -0.1) is 0 Å². The van der Waals surface area contributed by atoms with Crippen LogP contribution in [0.1, 0.15) is 85.1 Å². The molecule has 15 N–H and O–H groups in total. The first-order chi connectivity index (χ1) is 28.5. The molecule has 22 heteroatoms. The maximum atomic E-state index is 13.9. The molecule has 0 bridgehead atoms. The summed E-state index contributed by atoms with van der Waals surface area (Å²) in [7, 11) is 0. The maximum absolute atomic E-state index is 13.9. The van der Waals surface area contributed by atoms with Crippen LogP contribution in [0.15, 0.2) is 35.3 Å². The second-order valence-corrected chi connectivity index (χ2v) is 15.3. The van der Waals surface area contributed by atoms with Gasteiger partial charge in [0.05, 0.1) is 6.04 Å². The summed E-state index contributed by atoms with van der Waals surface area (Å²) >= 11 is 0. The number of carbonyl (C=O) groups excluding carboxylic acids is 6. The van der Waals surface area contributed by atoms with Gasteiger partial charge in [0.15, 0.2) is 5.96 Å². The van der Waals surface area contributed by atoms with E-state index in [4.69, 9.17) is 27.4 Å². The molecule has 0 aliphatic heterocycles. The Morgan fingerprint density at radius 2 is 1.11 bits per heavy atom. The van der Waals surface area contributed by atoms with Crippen LogP contribution < -0.4 is 49.1 Å². The van der Waals surface area contributed by atoms with Crippen molar-refractivity contribution in [3.8, 4) is 0 Å². The third-order valence-corrected chi connectivity index (χ3v) is 9.10. The second-order valence-electron chi connectivity index (χ2n) is 15.3. The highest BCUT2D eigenvalue weighted by Crippen LogP contribution is 2.11. The Morgan fingerprint density at radius 3 is 1.66 bits per heavy atom. The van der Waals surface area contributed by atoms with Crippen LogP contribution in [0.3, 0.4) is 0 Å². The van der Waals surface area contributed by atoms with Crippen molar-refractivity contribution in [3.05, 3.63) is 35.9 Å². The monoisotopic (exact) mass is 862 g/mol. The highest BCUT2D eigenvalue weighted by molar-refractivity contribution is 5.97. The van der Waals surface area contributed by atoms with E-state index in [2.05, 4.69) is 36.9 Å². The molecule has 0 spiro atoms. The Labute approximate surface area is 354 Å². The topological polar surface area (TPSA) is 377 Å². The minimum absolute atomic E-state index is 0.0227. The van der Waals surface area contributed by atoms with Gasteiger partial charge in [0, 0.05) is 25.8 Å². The molecule has 0 aromatic heterocycles. The zero-order valence-electron chi connectivity index (χ0n) is 35.1. The molecule has 0 saturated carbocycles. The molecule has 0 radical (unpaired) electrons. The van der Waals surface area contributed by atoms with Crippen molar-refractivity contribution in [2.45, 2.75) is 128 Å². The van der Waals surface area contributed by atoms with Gasteiger partial charge >= 0.3 is 17.9 Å². The SMILES string of the molecule is CC(C)C[C@H](NC(=O)[C@H](CCCN=C(N)N)NC(=O)[C@@H](NC(=O)[C@H](C)NC(=O)[C@H](CCC(=O)O)NC(=O)[C@@H](N)CCC(=O)O)C(C)C)C(=O)N[C@@H](Cc1ccccc1)C(=O)O. The zero-order valence-corrected chi connectivity index (χ0v) is 35.1. The summed E-state index contributed by atoms with van der Waals surface area (Å²) in [6.07, 6.45) is -1.43. The normalized spacial score (nSPS) is 14.4. The summed E-state index contributed by atoms with van der Waals surface area (Å²) in [5.41, 5.74) is 17.3. The van der Waals surface area contributed by atoms with Gasteiger partial charge in [-0.1, -0.05) is 58.0 Å². The summed E-state index contributed by atoms with van der Waals surface area (Å²) < 4.78 is 0. The Kier molecular flexibility index (Phi) is 23.1. The standard InChI is InChI=1S/C39H62N10O12/c1-20(2)18-27(36(58)48-28(38(60)61)19-23-10-7-6-8-11-23)47-35(57)25(12-9-17-43-39(41)42)46-37(59)31(21(3)4)49-32(54)22(5)44-34(56)26(14-16-30(52)53)45-33(55)24(40)13-15-29(50)51/h6-8,10-11,20-22,24-28,31H,9,12-19,40H2,1-5H3,(H,44,56)(H,45,55)(H,46,59)(H,47,57)(H,48,58)(H,49,54)(H,50,51)(H,52,53)(H,60,61)(H4,41,42,43)/t22-,24-,25-,26-,27-,28-,31-/m0/s1. The number of carbonyl (C=O) groups is 9. The Hall–Kier alpha value is -6.32. The zero-order chi connectivity index (χ0) is 46.4. The van der Waals surface area contributed by atoms with Crippen molar-refractivity contribution in [3.63, 3.8) is 0 Å². The Bertz CT molecular complexity index is 1700. The number of aliphatic carboxylic acids is 3. The molecule has 0 unspecified atom stereocenters. The van der Waals surface area contributed by atoms with E-state index < -0.39 is 121 Å². The van der Waals surface area contributed by atoms with Gasteiger partial charge in [0.1, 0.15) is 36.3 Å². The molecule has 0 heterocycles. The predicted molar refractivity (Wildman–Crippen MR) is 221 cm³/mol. The number of nitrogens with one attached hydrogen (secondary N) is 6. The Balaban J connectivity index is 3.23. The lowest BCUT2D eigenvalue weighted by Gasteiger charge is -2.28. The minimum atomic E-state index is -1.47. The van der Waals surface area contributed by atoms with Crippen LogP contribution in [0, 0.1) is 11.8 Å². The lowest BCUT2D eigenvalue weighted by Crippen LogP contribution is -2.60. The molecule has 0 fully saturated rings. The number of nitrogens with zero attached hydrogens (tertiary/aromatic N) is 1. The van der Waals surface area contributed by atoms with Crippen molar-refractivity contribution in [1.29, 1.82) is 0 Å². The first kappa shape index (κ1) is 52.7. The van der Waals surface area contributed by atoms with Gasteiger partial charge in [-0.25, -0.2) is 4.79 Å². The number of aliphatic imine (C=N–C) groups is 1. The van der Waals surface area contributed by atoms with Gasteiger partial charge < -0.3 is 64.4 Å². The smallest absolute Gasteiger partial charge is 0.326 e. The molecule has 1 aromatic carbocycles. The van der Waals surface area contributed by atoms with E-state index in [1.807, 2.05) is 0 Å². The molecule has 340 valence electrons. The highest BCUT2D eigenvalue weighted by Gasteiger charge is 2.34. The van der Waals surface area contributed by atoms with Crippen LogP contribution in [-0.4, -0.2) is 123 Å². The summed E-state index contributed by atoms with van der Waals surface area (Å²) in [6, 6.07) is -0.634. The van der Waals surface area contributed by atoms with E-state index in [0.717, 1.165) is 0 Å². The summed E-state index contributed by atoms with van der Waals surface area (Å²) in [4.78, 5) is 118. The van der Waals surface area contributed by atoms with E-state index in [1.54, 1.807) is 58.0 Å². The van der Waals surface area contributed by atoms with Crippen LogP contribution in [0.25, 0.3) is 0 Å². The molecular formula is C39H62N10O12. The summed E-state index contributed by atoms with van der Waals surface area (Å²) in [6.45, 7) is 8.14. The fraction of sp³-hybridized carbons (Fsp3) is 0.590. The number of hydrogen-bond donors (Lipinski definition) is 12. The fourth-order valence-electron chi connectivity index (χ4n) is 5.75. The highest BCUT2D eigenvalue weighted by atomic mass is 16.4. The first-order valence-electron chi connectivity index (χ1n) is 19.9. The van der Waals surface area contributed by atoms with Gasteiger partial charge in [0.25, 0.3) is 0 Å². The van der Waals surface area contributed by atoms with Crippen molar-refractivity contribution in [2.75, 3.05) is 6.54 Å². The lowest BCUT2D eigenvalue weighted by molar-refractivity contribution is -0.142. The van der Waals surface area contributed by atoms with Crippen molar-refractivity contribution in [2.24, 2.45) is 34.0 Å². The maximum Gasteiger partial charge on any atom is 0.326 e. The largest absolute Gasteiger partial charge is 0.481 e. The summed E-state index contributed by atoms with van der Waals surface area (Å²) in [5, 5.41) is 42.9. The summed E-state index contributed by atoms with van der Waals surface area (Å²) in [5.74, 6) is -9.83. The molecule has 0 aliphatic carbocycles. The molecule has 1 rings (SSSR count). The Morgan fingerprint density at radius 1 is 0.607 bits per heavy atom. The van der Waals surface area contributed by atoms with Gasteiger partial charge in [-0.05, 0) is 56.4 Å². The van der Waals surface area contributed by atoms with Gasteiger partial charge in [-0.2, -0.15) is 0 Å². The van der Waals surface area contributed by atoms with E-state index in [0.29, 0.717) is 5.56 Å². The second kappa shape index (κ2) is 26.7. The number of carboxylic acid groups (broad SMARTS) is 3. The third-order valence-electron chi connectivity index (χ3n) is 9.10. The molecular weight excluding hydrogens is 800 g/mol. The number of guanidine groups is 1. The van der Waals surface area contributed by atoms with E-state index in [9.17, 15) is 48.3 Å². The lowest BCUT2D eigenvalue weighted by atomic mass is 9.99. The van der Waals surface area contributed by atoms with E-state index in [-0.39, 0.29) is 50.5 Å². The molecule has 22 nitrogen and oxygen atoms in total. The average molecular weight is 863 g/mol. The number of nitrogens with two attached hydrogens (primary N) is 3. The molecule has 6 amide bonds. The molecule has 1 aromatic rings. The number of carboxylic acids is 3. The molecule has 0 aliphatic rings. The first-order valence-corrected chi connectivity index (χ1v) is 19.9. The third kappa shape index (κ3) is 21.0. The van der Waals surface area contributed by atoms with E-state index >= 15 is 0 Å². The van der Waals surface area contributed by atoms with Gasteiger partial charge in [-0.3, -0.25) is 43.3 Å². The van der Waals surface area contributed by atoms with Crippen LogP contribution in [0.4, 0.5) is 0 Å². The van der Waals surface area contributed by atoms with Crippen LogP contribution in [-0.2, 0) is 49.6 Å². The number of benzene rings is 1. The van der Waals surface area contributed by atoms with Crippen LogP contribution in [0.2, 0.25) is 0 Å². The fourth-order valence-corrected chi connectivity index (χ4v) is 5.75. The van der Waals surface area contributed by atoms with Crippen LogP contribution >= 0.6 is 0 Å². The van der Waals surface area contributed by atoms with E-state index in [1.165, 1.54) is 6.92 Å². The predicted octanol–water partition coefficient (Wildman–Crippen LogP) is -1.95. The molecule has 61 heavy (non-hydrogen) atoms. The quantitative estimate of drug-likeness (QED) is 0.0248. The average Bonchev–Trinajstić information content (AvgIpc) is 3.17. The molecule has 7 atom stereocenters. The number of hydrogen-bond acceptors (Lipinski definition) is 11. The minimum Gasteiger partial charge on any atom is -0.481 e. The number of amides is 6. The van der Waals surface area contributed by atoms with Crippen molar-refractivity contribution < 1.29 is 58.5 Å². The molecule has 0 saturated heterocycles. The van der Waals surface area contributed by atoms with Crippen molar-refractivity contribution in [1.82, 2.24) is 31.9 Å². The number of rotatable bonds is 28. The van der Waals surface area contributed by atoms with Crippen molar-refractivity contribution >= 4 is 59.3 Å². The van der Waals surface area contributed by atoms with Gasteiger partial charge in [0.2, 0.25) is 35.4 Å².